The SMILES string of the molecule is COc1ccc(CNS(=O)(=O)c2ncccc2NN)cn1. The standard InChI is InChI=1S/C12H15N5O3S/c1-20-11-5-4-9(7-15-11)8-16-21(18,19)12-10(17-13)3-2-6-14-12/h2-7,16-17H,8,13H2,1H3. The number of sulfonamides is 1. The van der Waals surface area contributed by atoms with E-state index in [9.17, 15) is 8.42 Å². The quantitative estimate of drug-likeness (QED) is 0.517. The molecule has 0 saturated carbocycles. The van der Waals surface area contributed by atoms with E-state index in [1.807, 2.05) is 0 Å². The fourth-order valence-corrected chi connectivity index (χ4v) is 2.71. The van der Waals surface area contributed by atoms with Crippen LogP contribution in [0.2, 0.25) is 0 Å². The number of methoxy groups -OCH3 is 1. The van der Waals surface area contributed by atoms with Crippen LogP contribution in [0.4, 0.5) is 5.69 Å². The monoisotopic (exact) mass is 309 g/mol. The van der Waals surface area contributed by atoms with E-state index in [4.69, 9.17) is 10.6 Å². The van der Waals surface area contributed by atoms with Crippen molar-refractivity contribution in [3.8, 4) is 5.88 Å². The highest BCUT2D eigenvalue weighted by Crippen LogP contribution is 2.16. The van der Waals surface area contributed by atoms with Crippen molar-refractivity contribution >= 4 is 15.7 Å². The van der Waals surface area contributed by atoms with Gasteiger partial charge in [-0.1, -0.05) is 6.07 Å². The van der Waals surface area contributed by atoms with Gasteiger partial charge in [-0.3, -0.25) is 5.84 Å². The highest BCUT2D eigenvalue weighted by molar-refractivity contribution is 7.89. The molecule has 2 rings (SSSR count). The maximum atomic E-state index is 12.2. The molecule has 21 heavy (non-hydrogen) atoms. The first-order valence-corrected chi connectivity index (χ1v) is 7.45. The van der Waals surface area contributed by atoms with Gasteiger partial charge in [-0.2, -0.15) is 0 Å². The van der Waals surface area contributed by atoms with Crippen LogP contribution in [0.3, 0.4) is 0 Å². The van der Waals surface area contributed by atoms with E-state index < -0.39 is 10.0 Å². The summed E-state index contributed by atoms with van der Waals surface area (Å²) in [7, 11) is -2.27. The number of hydrogen-bond donors (Lipinski definition) is 3. The molecule has 2 aromatic heterocycles. The fraction of sp³-hybridized carbons (Fsp3) is 0.167. The molecule has 2 aromatic rings. The predicted molar refractivity (Wildman–Crippen MR) is 76.9 cm³/mol. The Morgan fingerprint density at radius 3 is 2.71 bits per heavy atom. The maximum Gasteiger partial charge on any atom is 0.260 e. The number of ether oxygens (including phenoxy) is 1. The molecule has 9 heteroatoms. The van der Waals surface area contributed by atoms with Gasteiger partial charge in [0.2, 0.25) is 5.88 Å². The lowest BCUT2D eigenvalue weighted by Gasteiger charge is -2.09. The topological polar surface area (TPSA) is 119 Å². The largest absolute Gasteiger partial charge is 0.481 e. The number of nitrogens with two attached hydrogens (primary N) is 1. The third kappa shape index (κ3) is 3.66. The van der Waals surface area contributed by atoms with E-state index in [0.717, 1.165) is 0 Å². The fourth-order valence-electron chi connectivity index (χ4n) is 1.60. The van der Waals surface area contributed by atoms with Gasteiger partial charge < -0.3 is 10.2 Å². The first-order valence-electron chi connectivity index (χ1n) is 5.97. The van der Waals surface area contributed by atoms with Gasteiger partial charge in [-0.05, 0) is 17.7 Å². The Bertz CT molecular complexity index is 703. The molecule has 0 aliphatic heterocycles. The molecule has 2 heterocycles. The van der Waals surface area contributed by atoms with Crippen molar-refractivity contribution in [2.24, 2.45) is 5.84 Å². The van der Waals surface area contributed by atoms with Gasteiger partial charge in [0.1, 0.15) is 0 Å². The second kappa shape index (κ2) is 6.48. The summed E-state index contributed by atoms with van der Waals surface area (Å²) < 4.78 is 31.8. The van der Waals surface area contributed by atoms with Crippen molar-refractivity contribution in [3.05, 3.63) is 42.2 Å². The number of rotatable bonds is 6. The third-order valence-electron chi connectivity index (χ3n) is 2.65. The molecule has 0 atom stereocenters. The number of hydrogen-bond acceptors (Lipinski definition) is 7. The Hall–Kier alpha value is -2.23. The van der Waals surface area contributed by atoms with Crippen molar-refractivity contribution < 1.29 is 13.2 Å². The van der Waals surface area contributed by atoms with Crippen LogP contribution in [0.1, 0.15) is 5.56 Å². The minimum Gasteiger partial charge on any atom is -0.481 e. The van der Waals surface area contributed by atoms with Crippen LogP contribution in [0.25, 0.3) is 0 Å². The zero-order valence-electron chi connectivity index (χ0n) is 11.3. The molecule has 0 unspecified atom stereocenters. The van der Waals surface area contributed by atoms with E-state index in [1.54, 1.807) is 18.2 Å². The number of pyridine rings is 2. The molecule has 0 aromatic carbocycles. The van der Waals surface area contributed by atoms with Crippen LogP contribution in [0.5, 0.6) is 5.88 Å². The van der Waals surface area contributed by atoms with Crippen LogP contribution < -0.4 is 20.7 Å². The Morgan fingerprint density at radius 1 is 1.29 bits per heavy atom. The number of aromatic nitrogens is 2. The molecule has 0 bridgehead atoms. The first kappa shape index (κ1) is 15.2. The van der Waals surface area contributed by atoms with Crippen molar-refractivity contribution in [3.63, 3.8) is 0 Å². The molecule has 112 valence electrons. The molecule has 0 spiro atoms. The van der Waals surface area contributed by atoms with Crippen molar-refractivity contribution in [1.82, 2.24) is 14.7 Å². The summed E-state index contributed by atoms with van der Waals surface area (Å²) in [6.07, 6.45) is 2.91. The lowest BCUT2D eigenvalue weighted by atomic mass is 10.3. The van der Waals surface area contributed by atoms with Crippen molar-refractivity contribution in [1.29, 1.82) is 0 Å². The molecule has 0 fully saturated rings. The smallest absolute Gasteiger partial charge is 0.260 e. The van der Waals surface area contributed by atoms with Gasteiger partial charge in [0.05, 0.1) is 12.8 Å². The summed E-state index contributed by atoms with van der Waals surface area (Å²) in [6.45, 7) is 0.0832. The summed E-state index contributed by atoms with van der Waals surface area (Å²) in [4.78, 5) is 7.83. The first-order chi connectivity index (χ1) is 10.1. The Morgan fingerprint density at radius 2 is 2.10 bits per heavy atom. The van der Waals surface area contributed by atoms with Gasteiger partial charge in [0.25, 0.3) is 10.0 Å². The number of nitrogens with one attached hydrogen (secondary N) is 2. The lowest BCUT2D eigenvalue weighted by Crippen LogP contribution is -2.26. The number of nitrogen functional groups attached to an aromatic ring is 1. The number of hydrazine groups is 1. The van der Waals surface area contributed by atoms with E-state index in [-0.39, 0.29) is 17.3 Å². The molecule has 0 aliphatic rings. The van der Waals surface area contributed by atoms with Crippen LogP contribution in [-0.4, -0.2) is 25.5 Å². The Balaban J connectivity index is 2.13. The second-order valence-corrected chi connectivity index (χ2v) is 5.72. The summed E-state index contributed by atoms with van der Waals surface area (Å²) in [6, 6.07) is 6.48. The van der Waals surface area contributed by atoms with Crippen LogP contribution in [-0.2, 0) is 16.6 Å². The van der Waals surface area contributed by atoms with Gasteiger partial charge in [0.15, 0.2) is 5.03 Å². The van der Waals surface area contributed by atoms with Gasteiger partial charge >= 0.3 is 0 Å². The predicted octanol–water partition coefficient (Wildman–Crippen LogP) is 0.249. The number of anilines is 1. The highest BCUT2D eigenvalue weighted by Gasteiger charge is 2.19. The second-order valence-electron chi connectivity index (χ2n) is 4.03. The normalized spacial score (nSPS) is 11.1. The highest BCUT2D eigenvalue weighted by atomic mass is 32.2. The maximum absolute atomic E-state index is 12.2. The van der Waals surface area contributed by atoms with Crippen LogP contribution >= 0.6 is 0 Å². The molecule has 4 N–H and O–H groups in total. The zero-order chi connectivity index (χ0) is 15.3. The average molecular weight is 309 g/mol. The van der Waals surface area contributed by atoms with Crippen LogP contribution in [0.15, 0.2) is 41.7 Å². The summed E-state index contributed by atoms with van der Waals surface area (Å²) in [5, 5.41) is -0.158. The van der Waals surface area contributed by atoms with Crippen LogP contribution in [0, 0.1) is 0 Å². The molecule has 0 amide bonds. The summed E-state index contributed by atoms with van der Waals surface area (Å²) in [5.74, 6) is 5.74. The number of nitrogens with zero attached hydrogens (tertiary/aromatic N) is 2. The lowest BCUT2D eigenvalue weighted by molar-refractivity contribution is 0.397. The van der Waals surface area contributed by atoms with Crippen molar-refractivity contribution in [2.45, 2.75) is 11.6 Å². The minimum absolute atomic E-state index is 0.0832. The van der Waals surface area contributed by atoms with E-state index in [1.165, 1.54) is 25.6 Å². The minimum atomic E-state index is -3.78. The summed E-state index contributed by atoms with van der Waals surface area (Å²) in [5.41, 5.74) is 3.22. The Kier molecular flexibility index (Phi) is 4.68. The van der Waals surface area contributed by atoms with Crippen molar-refractivity contribution in [2.75, 3.05) is 12.5 Å². The Labute approximate surface area is 122 Å². The van der Waals surface area contributed by atoms with E-state index in [0.29, 0.717) is 11.4 Å². The van der Waals surface area contributed by atoms with Gasteiger partial charge in [0, 0.05) is 25.0 Å². The molecule has 0 radical (unpaired) electrons. The molecular weight excluding hydrogens is 294 g/mol. The molecule has 8 nitrogen and oxygen atoms in total. The van der Waals surface area contributed by atoms with Gasteiger partial charge in [-0.15, -0.1) is 0 Å². The van der Waals surface area contributed by atoms with Gasteiger partial charge in [-0.25, -0.2) is 23.1 Å². The molecule has 0 saturated heterocycles. The summed E-state index contributed by atoms with van der Waals surface area (Å²) >= 11 is 0. The zero-order valence-corrected chi connectivity index (χ0v) is 12.1. The third-order valence-corrected chi connectivity index (χ3v) is 4.01. The molecular formula is C12H15N5O3S. The van der Waals surface area contributed by atoms with E-state index >= 15 is 0 Å². The average Bonchev–Trinajstić information content (AvgIpc) is 2.53. The van der Waals surface area contributed by atoms with E-state index in [2.05, 4.69) is 20.1 Å². The molecule has 0 aliphatic carbocycles.